The zero-order chi connectivity index (χ0) is 28.1. The number of aryl methyl sites for hydroxylation is 4. The van der Waals surface area contributed by atoms with Gasteiger partial charge in [0.1, 0.15) is 5.75 Å². The number of rotatable bonds is 9. The molecule has 5 N–H and O–H groups in total. The summed E-state index contributed by atoms with van der Waals surface area (Å²) in [4.78, 5) is 13.4. The number of anilines is 1. The van der Waals surface area contributed by atoms with Crippen LogP contribution in [0.5, 0.6) is 5.75 Å². The molecule has 4 aromatic carbocycles. The van der Waals surface area contributed by atoms with Crippen molar-refractivity contribution in [3.63, 3.8) is 0 Å². The van der Waals surface area contributed by atoms with Crippen molar-refractivity contribution in [1.82, 2.24) is 5.32 Å². The smallest absolute Gasteiger partial charge is 0.237 e. The van der Waals surface area contributed by atoms with Crippen molar-refractivity contribution in [1.29, 1.82) is 0 Å². The number of nitrogens with one attached hydrogen (secondary N) is 2. The standard InChI is InChI=1S/C35H39N3O2/c1-23-17-29(39)18-24(2)30(23)22-32(36)35(40)38-33-15-16-37-34-28(14-13-25-9-5-3-6-10-25)20-27(21-31(33)34)19-26-11-7-4-8-12-26/h3-12,17-18,20-21,32-33,37,39H,13-16,19,22,36H2,1-2H3,(H,38,40)/t32-,33+/m0/s1. The van der Waals surface area contributed by atoms with Gasteiger partial charge in [-0.3, -0.25) is 4.79 Å². The molecule has 0 unspecified atom stereocenters. The van der Waals surface area contributed by atoms with Crippen molar-refractivity contribution >= 4 is 11.6 Å². The normalized spacial score (nSPS) is 15.1. The summed E-state index contributed by atoms with van der Waals surface area (Å²) in [6.07, 6.45) is 3.94. The summed E-state index contributed by atoms with van der Waals surface area (Å²) in [6.45, 7) is 4.68. The Morgan fingerprint density at radius 1 is 0.925 bits per heavy atom. The van der Waals surface area contributed by atoms with E-state index in [1.807, 2.05) is 19.9 Å². The molecule has 1 aliphatic rings. The van der Waals surface area contributed by atoms with E-state index in [0.29, 0.717) is 6.42 Å². The minimum atomic E-state index is -0.676. The van der Waals surface area contributed by atoms with E-state index in [2.05, 4.69) is 77.4 Å². The maximum atomic E-state index is 13.4. The molecule has 1 aliphatic heterocycles. The molecular formula is C35H39N3O2. The van der Waals surface area contributed by atoms with Crippen LogP contribution in [0.25, 0.3) is 0 Å². The number of phenols is 1. The number of fused-ring (bicyclic) bond motifs is 1. The highest BCUT2D eigenvalue weighted by Gasteiger charge is 2.27. The lowest BCUT2D eigenvalue weighted by atomic mass is 9.88. The quantitative estimate of drug-likeness (QED) is 0.215. The van der Waals surface area contributed by atoms with E-state index >= 15 is 0 Å². The number of carbonyl (C=O) groups is 1. The Morgan fingerprint density at radius 3 is 2.25 bits per heavy atom. The van der Waals surface area contributed by atoms with Crippen LogP contribution in [0.15, 0.2) is 84.9 Å². The molecule has 4 aromatic rings. The molecule has 0 bridgehead atoms. The van der Waals surface area contributed by atoms with Gasteiger partial charge in [-0.2, -0.15) is 0 Å². The Hall–Kier alpha value is -4.09. The van der Waals surface area contributed by atoms with Gasteiger partial charge in [-0.25, -0.2) is 0 Å². The monoisotopic (exact) mass is 533 g/mol. The Kier molecular flexibility index (Phi) is 8.51. The average molecular weight is 534 g/mol. The van der Waals surface area contributed by atoms with Gasteiger partial charge < -0.3 is 21.5 Å². The van der Waals surface area contributed by atoms with E-state index in [1.165, 1.54) is 22.3 Å². The lowest BCUT2D eigenvalue weighted by molar-refractivity contribution is -0.123. The molecule has 0 spiro atoms. The molecule has 5 heteroatoms. The summed E-state index contributed by atoms with van der Waals surface area (Å²) in [5.41, 5.74) is 16.7. The van der Waals surface area contributed by atoms with Crippen molar-refractivity contribution in [2.24, 2.45) is 5.73 Å². The van der Waals surface area contributed by atoms with Crippen molar-refractivity contribution in [3.05, 3.63) is 129 Å². The van der Waals surface area contributed by atoms with E-state index in [-0.39, 0.29) is 17.7 Å². The summed E-state index contributed by atoms with van der Waals surface area (Å²) in [6, 6.07) is 28.3. The van der Waals surface area contributed by atoms with Gasteiger partial charge in [-0.05, 0) is 103 Å². The van der Waals surface area contributed by atoms with Gasteiger partial charge in [-0.1, -0.05) is 72.8 Å². The fourth-order valence-corrected chi connectivity index (χ4v) is 5.87. The minimum Gasteiger partial charge on any atom is -0.508 e. The summed E-state index contributed by atoms with van der Waals surface area (Å²) in [5, 5.41) is 16.8. The van der Waals surface area contributed by atoms with Crippen molar-refractivity contribution in [3.8, 4) is 5.75 Å². The van der Waals surface area contributed by atoms with Crippen LogP contribution in [-0.4, -0.2) is 23.6 Å². The number of benzene rings is 4. The van der Waals surface area contributed by atoms with Gasteiger partial charge in [0.2, 0.25) is 5.91 Å². The maximum Gasteiger partial charge on any atom is 0.237 e. The zero-order valence-corrected chi connectivity index (χ0v) is 23.4. The minimum absolute atomic E-state index is 0.108. The summed E-state index contributed by atoms with van der Waals surface area (Å²) in [7, 11) is 0. The van der Waals surface area contributed by atoms with Gasteiger partial charge in [0.05, 0.1) is 12.1 Å². The summed E-state index contributed by atoms with van der Waals surface area (Å²) < 4.78 is 0. The third kappa shape index (κ3) is 6.54. The maximum absolute atomic E-state index is 13.4. The molecule has 5 nitrogen and oxygen atoms in total. The van der Waals surface area contributed by atoms with Crippen LogP contribution < -0.4 is 16.4 Å². The topological polar surface area (TPSA) is 87.4 Å². The van der Waals surface area contributed by atoms with Crippen LogP contribution in [0, 0.1) is 13.8 Å². The predicted molar refractivity (Wildman–Crippen MR) is 163 cm³/mol. The zero-order valence-electron chi connectivity index (χ0n) is 23.4. The molecule has 0 aliphatic carbocycles. The number of aromatic hydroxyl groups is 1. The number of nitrogens with two attached hydrogens (primary N) is 1. The molecule has 0 saturated heterocycles. The second-order valence-electron chi connectivity index (χ2n) is 11.0. The van der Waals surface area contributed by atoms with E-state index in [4.69, 9.17) is 5.73 Å². The van der Waals surface area contributed by atoms with Gasteiger partial charge in [-0.15, -0.1) is 0 Å². The lowest BCUT2D eigenvalue weighted by Crippen LogP contribution is -2.45. The Morgan fingerprint density at radius 2 is 1.57 bits per heavy atom. The Labute approximate surface area is 237 Å². The van der Waals surface area contributed by atoms with Crippen LogP contribution in [0.2, 0.25) is 0 Å². The molecule has 5 rings (SSSR count). The molecule has 1 amide bonds. The molecule has 1 heterocycles. The third-order valence-electron chi connectivity index (χ3n) is 7.96. The van der Waals surface area contributed by atoms with Crippen molar-refractivity contribution < 1.29 is 9.90 Å². The highest BCUT2D eigenvalue weighted by molar-refractivity contribution is 5.83. The van der Waals surface area contributed by atoms with Crippen LogP contribution >= 0.6 is 0 Å². The first-order chi connectivity index (χ1) is 19.4. The van der Waals surface area contributed by atoms with Gasteiger partial charge in [0.25, 0.3) is 0 Å². The first-order valence-electron chi connectivity index (χ1n) is 14.2. The van der Waals surface area contributed by atoms with E-state index in [1.54, 1.807) is 12.1 Å². The number of hydrogen-bond acceptors (Lipinski definition) is 4. The third-order valence-corrected chi connectivity index (χ3v) is 7.96. The van der Waals surface area contributed by atoms with Crippen molar-refractivity contribution in [2.45, 2.75) is 58.0 Å². The Bertz CT molecular complexity index is 1440. The molecule has 0 aromatic heterocycles. The Balaban J connectivity index is 1.39. The van der Waals surface area contributed by atoms with Crippen LogP contribution in [0.1, 0.15) is 57.0 Å². The molecule has 0 saturated carbocycles. The van der Waals surface area contributed by atoms with Crippen LogP contribution in [0.4, 0.5) is 5.69 Å². The van der Waals surface area contributed by atoms with Gasteiger partial charge in [0.15, 0.2) is 0 Å². The molecule has 40 heavy (non-hydrogen) atoms. The predicted octanol–water partition coefficient (Wildman–Crippen LogP) is 5.93. The fraction of sp³-hybridized carbons (Fsp3) is 0.286. The first kappa shape index (κ1) is 27.5. The van der Waals surface area contributed by atoms with E-state index < -0.39 is 6.04 Å². The fourth-order valence-electron chi connectivity index (χ4n) is 5.87. The summed E-state index contributed by atoms with van der Waals surface area (Å²) in [5.74, 6) is 0.0847. The van der Waals surface area contributed by atoms with E-state index in [0.717, 1.165) is 60.2 Å². The molecule has 2 atom stereocenters. The average Bonchev–Trinajstić information content (AvgIpc) is 2.95. The number of carbonyl (C=O) groups excluding carboxylic acids is 1. The highest BCUT2D eigenvalue weighted by atomic mass is 16.3. The second-order valence-corrected chi connectivity index (χ2v) is 11.0. The van der Waals surface area contributed by atoms with Crippen molar-refractivity contribution in [2.75, 3.05) is 11.9 Å². The molecule has 0 radical (unpaired) electrons. The van der Waals surface area contributed by atoms with Crippen LogP contribution in [0.3, 0.4) is 0 Å². The highest BCUT2D eigenvalue weighted by Crippen LogP contribution is 2.35. The SMILES string of the molecule is Cc1cc(O)cc(C)c1C[C@H](N)C(=O)N[C@@H]1CCNc2c(CCc3ccccc3)cc(Cc3ccccc3)cc21. The largest absolute Gasteiger partial charge is 0.508 e. The van der Waals surface area contributed by atoms with Gasteiger partial charge >= 0.3 is 0 Å². The molecule has 206 valence electrons. The molecular weight excluding hydrogens is 494 g/mol. The van der Waals surface area contributed by atoms with E-state index in [9.17, 15) is 9.90 Å². The van der Waals surface area contributed by atoms with Crippen LogP contribution in [-0.2, 0) is 30.5 Å². The molecule has 0 fully saturated rings. The van der Waals surface area contributed by atoms with Gasteiger partial charge in [0, 0.05) is 12.2 Å². The number of hydrogen-bond donors (Lipinski definition) is 4. The summed E-state index contributed by atoms with van der Waals surface area (Å²) >= 11 is 0. The second kappa shape index (κ2) is 12.4. The first-order valence-corrected chi connectivity index (χ1v) is 14.2. The lowest BCUT2D eigenvalue weighted by Gasteiger charge is -2.31. The number of amides is 1. The number of phenolic OH excluding ortho intramolecular Hbond substituents is 1.